The zero-order valence-corrected chi connectivity index (χ0v) is 14.5. The Balaban J connectivity index is 2.51. The smallest absolute Gasteiger partial charge is 0.265 e. The van der Waals surface area contributed by atoms with Crippen LogP contribution in [-0.2, 0) is 19.9 Å². The Hall–Kier alpha value is -2.06. The standard InChI is InChI=1S/C15H17NO5S2/c1-11-4-6-12(7-5-11)16-23(19,20)15-10-13(22(3,17)18)8-9-14(15)21-2/h4-10,16H,1-3H3. The van der Waals surface area contributed by atoms with Crippen molar-refractivity contribution in [3.8, 4) is 5.75 Å². The van der Waals surface area contributed by atoms with E-state index in [-0.39, 0.29) is 15.5 Å². The molecule has 0 amide bonds. The molecule has 0 heterocycles. The van der Waals surface area contributed by atoms with Gasteiger partial charge < -0.3 is 4.74 Å². The lowest BCUT2D eigenvalue weighted by molar-refractivity contribution is 0.402. The molecule has 8 heteroatoms. The third-order valence-corrected chi connectivity index (χ3v) is 5.67. The number of rotatable bonds is 5. The lowest BCUT2D eigenvalue weighted by atomic mass is 10.2. The fraction of sp³-hybridized carbons (Fsp3) is 0.200. The Kier molecular flexibility index (Phi) is 4.67. The number of hydrogen-bond donors (Lipinski definition) is 1. The maximum absolute atomic E-state index is 12.6. The van der Waals surface area contributed by atoms with E-state index in [0.717, 1.165) is 17.9 Å². The predicted molar refractivity (Wildman–Crippen MR) is 88.1 cm³/mol. The molecule has 2 aromatic carbocycles. The highest BCUT2D eigenvalue weighted by Crippen LogP contribution is 2.28. The van der Waals surface area contributed by atoms with E-state index in [4.69, 9.17) is 4.74 Å². The summed E-state index contributed by atoms with van der Waals surface area (Å²) >= 11 is 0. The first-order valence-electron chi connectivity index (χ1n) is 6.61. The summed E-state index contributed by atoms with van der Waals surface area (Å²) in [5, 5.41) is 0. The molecule has 2 rings (SSSR count). The van der Waals surface area contributed by atoms with Crippen molar-refractivity contribution in [2.24, 2.45) is 0 Å². The molecular weight excluding hydrogens is 338 g/mol. The molecule has 124 valence electrons. The molecule has 0 saturated carbocycles. The summed E-state index contributed by atoms with van der Waals surface area (Å²) in [6, 6.07) is 10.5. The van der Waals surface area contributed by atoms with Crippen molar-refractivity contribution in [2.45, 2.75) is 16.7 Å². The predicted octanol–water partition coefficient (Wildman–Crippen LogP) is 2.21. The van der Waals surface area contributed by atoms with E-state index in [0.29, 0.717) is 5.69 Å². The minimum absolute atomic E-state index is 0.0667. The van der Waals surface area contributed by atoms with Crippen LogP contribution < -0.4 is 9.46 Å². The molecule has 2 aromatic rings. The first-order chi connectivity index (χ1) is 10.6. The van der Waals surface area contributed by atoms with Gasteiger partial charge in [-0.2, -0.15) is 0 Å². The van der Waals surface area contributed by atoms with Gasteiger partial charge in [0.2, 0.25) is 0 Å². The average Bonchev–Trinajstić information content (AvgIpc) is 2.48. The van der Waals surface area contributed by atoms with E-state index in [2.05, 4.69) is 4.72 Å². The summed E-state index contributed by atoms with van der Waals surface area (Å²) in [5.41, 5.74) is 1.37. The molecule has 0 aliphatic rings. The molecule has 6 nitrogen and oxygen atoms in total. The number of ether oxygens (including phenoxy) is 1. The first-order valence-corrected chi connectivity index (χ1v) is 9.98. The molecule has 0 atom stereocenters. The fourth-order valence-electron chi connectivity index (χ4n) is 1.93. The number of sulfonamides is 1. The van der Waals surface area contributed by atoms with E-state index in [9.17, 15) is 16.8 Å². The first kappa shape index (κ1) is 17.3. The normalized spacial score (nSPS) is 12.0. The Labute approximate surface area is 136 Å². The minimum atomic E-state index is -3.99. The third kappa shape index (κ3) is 4.02. The van der Waals surface area contributed by atoms with Gasteiger partial charge in [-0.05, 0) is 37.3 Å². The Morgan fingerprint density at radius 1 is 0.957 bits per heavy atom. The summed E-state index contributed by atoms with van der Waals surface area (Å²) in [5.74, 6) is 0.0667. The Bertz CT molecular complexity index is 917. The van der Waals surface area contributed by atoms with E-state index in [1.165, 1.54) is 19.2 Å². The molecular formula is C15H17NO5S2. The van der Waals surface area contributed by atoms with Gasteiger partial charge in [0.25, 0.3) is 10.0 Å². The van der Waals surface area contributed by atoms with Crippen molar-refractivity contribution >= 4 is 25.5 Å². The average molecular weight is 355 g/mol. The molecule has 23 heavy (non-hydrogen) atoms. The summed E-state index contributed by atoms with van der Waals surface area (Å²) in [6.45, 7) is 1.89. The second kappa shape index (κ2) is 6.21. The maximum atomic E-state index is 12.6. The van der Waals surface area contributed by atoms with Crippen molar-refractivity contribution in [3.05, 3.63) is 48.0 Å². The molecule has 0 spiro atoms. The molecule has 0 aromatic heterocycles. The number of methoxy groups -OCH3 is 1. The van der Waals surface area contributed by atoms with Crippen LogP contribution in [0.2, 0.25) is 0 Å². The highest BCUT2D eigenvalue weighted by atomic mass is 32.2. The SMILES string of the molecule is COc1ccc(S(C)(=O)=O)cc1S(=O)(=O)Nc1ccc(C)cc1. The van der Waals surface area contributed by atoms with Crippen molar-refractivity contribution in [1.82, 2.24) is 0 Å². The summed E-state index contributed by atoms with van der Waals surface area (Å²) in [4.78, 5) is -0.328. The molecule has 0 bridgehead atoms. The maximum Gasteiger partial charge on any atom is 0.265 e. The lowest BCUT2D eigenvalue weighted by Gasteiger charge is -2.13. The molecule has 0 aliphatic heterocycles. The van der Waals surface area contributed by atoms with Crippen molar-refractivity contribution in [3.63, 3.8) is 0 Å². The van der Waals surface area contributed by atoms with Crippen LogP contribution in [0.4, 0.5) is 5.69 Å². The zero-order chi connectivity index (χ0) is 17.3. The summed E-state index contributed by atoms with van der Waals surface area (Å²) in [7, 11) is -6.21. The van der Waals surface area contributed by atoms with Crippen LogP contribution in [0.25, 0.3) is 0 Å². The largest absolute Gasteiger partial charge is 0.495 e. The van der Waals surface area contributed by atoms with Crippen LogP contribution in [0.15, 0.2) is 52.3 Å². The topological polar surface area (TPSA) is 89.5 Å². The second-order valence-electron chi connectivity index (χ2n) is 5.06. The van der Waals surface area contributed by atoms with Gasteiger partial charge in [-0.25, -0.2) is 16.8 Å². The van der Waals surface area contributed by atoms with E-state index < -0.39 is 19.9 Å². The Morgan fingerprint density at radius 3 is 2.09 bits per heavy atom. The van der Waals surface area contributed by atoms with Gasteiger partial charge in [0.1, 0.15) is 10.6 Å². The molecule has 1 N–H and O–H groups in total. The van der Waals surface area contributed by atoms with Crippen LogP contribution in [0.5, 0.6) is 5.75 Å². The van der Waals surface area contributed by atoms with Crippen LogP contribution in [0.3, 0.4) is 0 Å². The van der Waals surface area contributed by atoms with Gasteiger partial charge >= 0.3 is 0 Å². The number of aryl methyl sites for hydroxylation is 1. The fourth-order valence-corrected chi connectivity index (χ4v) is 3.91. The Morgan fingerprint density at radius 2 is 1.57 bits per heavy atom. The van der Waals surface area contributed by atoms with Crippen LogP contribution >= 0.6 is 0 Å². The highest BCUT2D eigenvalue weighted by molar-refractivity contribution is 7.93. The van der Waals surface area contributed by atoms with Gasteiger partial charge in [0.05, 0.1) is 12.0 Å². The number of sulfone groups is 1. The third-order valence-electron chi connectivity index (χ3n) is 3.16. The van der Waals surface area contributed by atoms with Gasteiger partial charge in [-0.15, -0.1) is 0 Å². The lowest BCUT2D eigenvalue weighted by Crippen LogP contribution is -2.15. The van der Waals surface area contributed by atoms with Crippen molar-refractivity contribution in [2.75, 3.05) is 18.1 Å². The van der Waals surface area contributed by atoms with Gasteiger partial charge in [-0.1, -0.05) is 17.7 Å². The van der Waals surface area contributed by atoms with Crippen LogP contribution in [0, 0.1) is 6.92 Å². The summed E-state index contributed by atoms with van der Waals surface area (Å²) in [6.07, 6.45) is 1.01. The van der Waals surface area contributed by atoms with E-state index in [1.807, 2.05) is 6.92 Å². The molecule has 0 fully saturated rings. The molecule has 0 aliphatic carbocycles. The van der Waals surface area contributed by atoms with Crippen molar-refractivity contribution in [1.29, 1.82) is 0 Å². The second-order valence-corrected chi connectivity index (χ2v) is 8.72. The van der Waals surface area contributed by atoms with E-state index in [1.54, 1.807) is 24.3 Å². The number of hydrogen-bond acceptors (Lipinski definition) is 5. The molecule has 0 saturated heterocycles. The highest BCUT2D eigenvalue weighted by Gasteiger charge is 2.22. The molecule has 0 radical (unpaired) electrons. The zero-order valence-electron chi connectivity index (χ0n) is 12.9. The van der Waals surface area contributed by atoms with Gasteiger partial charge in [0.15, 0.2) is 9.84 Å². The number of nitrogens with one attached hydrogen (secondary N) is 1. The van der Waals surface area contributed by atoms with Gasteiger partial charge in [0, 0.05) is 11.9 Å². The molecule has 0 unspecified atom stereocenters. The van der Waals surface area contributed by atoms with Crippen molar-refractivity contribution < 1.29 is 21.6 Å². The van der Waals surface area contributed by atoms with Crippen LogP contribution in [-0.4, -0.2) is 30.2 Å². The monoisotopic (exact) mass is 355 g/mol. The quantitative estimate of drug-likeness (QED) is 0.888. The van der Waals surface area contributed by atoms with Gasteiger partial charge in [-0.3, -0.25) is 4.72 Å². The number of benzene rings is 2. The van der Waals surface area contributed by atoms with E-state index >= 15 is 0 Å². The van der Waals surface area contributed by atoms with Crippen LogP contribution in [0.1, 0.15) is 5.56 Å². The summed E-state index contributed by atoms with van der Waals surface area (Å²) < 4.78 is 55.9. The number of anilines is 1. The minimum Gasteiger partial charge on any atom is -0.495 e.